The van der Waals surface area contributed by atoms with Gasteiger partial charge in [-0.1, -0.05) is 0 Å². The molecule has 12 aromatic heterocycles. The molecule has 0 amide bonds. The highest BCUT2D eigenvalue weighted by molar-refractivity contribution is 7.85. The molecule has 22 rings (SSSR count). The van der Waals surface area contributed by atoms with Crippen molar-refractivity contribution in [3.8, 4) is 0 Å². The van der Waals surface area contributed by atoms with Crippen molar-refractivity contribution in [2.45, 2.75) is 142 Å². The number of nitrogens with one attached hydrogen (secondary N) is 6. The van der Waals surface area contributed by atoms with Crippen LogP contribution in [0.15, 0.2) is 71.3 Å². The number of fused-ring (bicyclic) bond motifs is 14. The smallest absolute Gasteiger partial charge is 0.396 e. The Balaban J connectivity index is 0.000000128. The predicted octanol–water partition coefficient (Wildman–Crippen LogP) is -6.31. The molecule has 748 valence electrons. The lowest BCUT2D eigenvalue weighted by molar-refractivity contribution is -0.169. The molecule has 73 heteroatoms. The van der Waals surface area contributed by atoms with Crippen molar-refractivity contribution in [3.63, 3.8) is 0 Å². The third kappa shape index (κ3) is 17.8. The average Bonchev–Trinajstić information content (AvgIpc) is 1.55. The Labute approximate surface area is 771 Å². The van der Waals surface area contributed by atoms with Crippen LogP contribution in [0.4, 0.5) is 32.2 Å². The molecule has 10 fully saturated rings. The van der Waals surface area contributed by atoms with Crippen LogP contribution in [-0.4, -0.2) is 329 Å². The van der Waals surface area contributed by atoms with Gasteiger partial charge in [0.15, 0.2) is 118 Å². The number of imidazole rings is 6. The number of H-pyrrole nitrogens is 3. The first kappa shape index (κ1) is 95.8. The molecular formula is C66H78F2N31O34P3S3. The lowest BCUT2D eigenvalue weighted by atomic mass is 9.99. The number of aromatic amines is 3. The van der Waals surface area contributed by atoms with Gasteiger partial charge in [-0.2, -0.15) is 44.4 Å². The number of aromatic nitrogens is 24. The second-order valence-corrected chi connectivity index (χ2v) is 41.0. The zero-order valence-electron chi connectivity index (χ0n) is 70.7. The van der Waals surface area contributed by atoms with Crippen molar-refractivity contribution in [3.05, 3.63) is 99.7 Å². The van der Waals surface area contributed by atoms with Crippen molar-refractivity contribution in [2.75, 3.05) is 88.9 Å². The molecular weight excluding hydrogens is 2000 g/mol. The summed E-state index contributed by atoms with van der Waals surface area (Å²) in [6, 6.07) is -1.70. The second kappa shape index (κ2) is 36.1. The van der Waals surface area contributed by atoms with Crippen molar-refractivity contribution < 1.29 is 151 Å². The van der Waals surface area contributed by atoms with E-state index in [9.17, 15) is 83.3 Å². The number of ether oxygens (including phenoxy) is 7. The van der Waals surface area contributed by atoms with Gasteiger partial charge in [0.05, 0.1) is 115 Å². The van der Waals surface area contributed by atoms with Gasteiger partial charge in [0, 0.05) is 30.8 Å². The van der Waals surface area contributed by atoms with Gasteiger partial charge in [-0.3, -0.25) is 78.1 Å². The Bertz CT molecular complexity index is 7540. The number of alkyl halides is 2. The number of nitrogens with zero attached hydrogens (tertiary/aromatic N) is 21. The van der Waals surface area contributed by atoms with E-state index in [0.717, 1.165) is 34.4 Å². The third-order valence-electron chi connectivity index (χ3n) is 24.2. The average molecular weight is 2080 g/mol. The number of hydrogen-bond acceptors (Lipinski definition) is 50. The molecule has 10 saturated heterocycles. The molecule has 27 unspecified atom stereocenters. The zero-order valence-corrected chi connectivity index (χ0v) is 75.8. The maximum atomic E-state index is 16.0. The fraction of sp³-hybridized carbons (Fsp3) is 0.545. The van der Waals surface area contributed by atoms with E-state index in [4.69, 9.17) is 95.8 Å². The molecule has 0 aromatic carbocycles. The highest BCUT2D eigenvalue weighted by atomic mass is 32.2. The van der Waals surface area contributed by atoms with Crippen molar-refractivity contribution in [1.82, 2.24) is 131 Å². The quantitative estimate of drug-likeness (QED) is 0.0598. The lowest BCUT2D eigenvalue weighted by Gasteiger charge is -2.32. The maximum absolute atomic E-state index is 16.0. The molecule has 22 heterocycles. The summed E-state index contributed by atoms with van der Waals surface area (Å²) in [7, 11) is -29.4. The van der Waals surface area contributed by atoms with Crippen LogP contribution < -0.4 is 53.8 Å². The number of aliphatic hydroxyl groups excluding tert-OH is 3. The number of aliphatic hydroxyl groups is 3. The van der Waals surface area contributed by atoms with Crippen molar-refractivity contribution in [1.29, 1.82) is 0 Å². The minimum Gasteiger partial charge on any atom is -0.396 e. The van der Waals surface area contributed by atoms with Crippen LogP contribution in [0.3, 0.4) is 0 Å². The number of halogens is 2. The van der Waals surface area contributed by atoms with Crippen molar-refractivity contribution >= 4 is 145 Å². The van der Waals surface area contributed by atoms with E-state index in [-0.39, 0.29) is 109 Å². The SMILES string of the molecule is Cc1nc2c(ncn2C2OC3COP(=O)(O)OC4C5OCC4(CNS(=O)(=O)OC2C3CO)OC5n2cnc3c(N)ncnc32)c(=O)[nH]1.Cc1nc2c(ncn2C2OC3COS(=O)(=O)NC4C(COP(=O)(O)OC2C3CO)OC(n2cnc3c(N)ncnc32)C4F)c(=O)[nH]1.Nc1nc2c(ncn2C2OC3COP(=O)(O)OC4C(CNS(=O)(=O)OC2C3CO)OC(n2cnc3c(N)ncnc32)C4F)c(=O)[nH]1. The van der Waals surface area contributed by atoms with Crippen LogP contribution in [0.2, 0.25) is 0 Å². The van der Waals surface area contributed by atoms with E-state index >= 15 is 8.78 Å². The highest BCUT2D eigenvalue weighted by Gasteiger charge is 2.66. The molecule has 27 atom stereocenters. The fourth-order valence-electron chi connectivity index (χ4n) is 17.8. The van der Waals surface area contributed by atoms with Crippen LogP contribution in [0.25, 0.3) is 67.0 Å². The molecule has 0 spiro atoms. The van der Waals surface area contributed by atoms with E-state index < -0.39 is 277 Å². The van der Waals surface area contributed by atoms with Crippen molar-refractivity contribution in [2.24, 2.45) is 17.8 Å². The first-order chi connectivity index (χ1) is 66.1. The topological polar surface area (TPSA) is 884 Å². The standard InChI is InChI=1S/C23H27N10O12PS.C22H26FN10O11PS.C21H25FN11O11PS/c1-9-30-19-13(20(35)31-9)28-8-33(19)21-14-10(2-34)11(42-21)3-41-46(36,37)44-16-15-22(32-7-27-12-17(24)25-6-26-18(12)32)43-23(16,5-40-15)4-29-47(38,39)45-14;1-8-29-19-15(20(35)30-8)28-7-33(19)22-16-9(2-34)10(42-22)4-41-46(38,39)31-13-11(3-40-45(36,37)44-16)43-21(12(13)23)32-6-27-14-17(24)25-5-26-18(14)32;22-10-14-8(41-19(10)32-5-27-11-15(23)25-4-26-16(11)32)1-29-46(38,39)44-13-7(2-34)9(3-40-45(36,37)43-14)42-20(13)33-6-28-12-17(33)30-21(24)31-18(12)35/h6-8,10-11,14-16,21-22,29,34H,2-5H2,1H3,(H,36,37)(H2,24,25,26)(H,30,31,35);5-7,9-13,16,21-22,31,34H,2-4H2,1H3,(H,36,37)(H2,24,25,26)(H,29,30,35);4-10,13-14,19-20,29,34H,1-3H2,(H,36,37)(H2,23,25,26)(H3,24,30,31,35). The highest BCUT2D eigenvalue weighted by Crippen LogP contribution is 2.58. The monoisotopic (exact) mass is 2080 g/mol. The maximum Gasteiger partial charge on any atom is 0.472 e. The predicted molar refractivity (Wildman–Crippen MR) is 449 cm³/mol. The first-order valence-electron chi connectivity index (χ1n) is 41.1. The van der Waals surface area contributed by atoms with Crippen LogP contribution in [-0.2, 0) is 117 Å². The van der Waals surface area contributed by atoms with E-state index in [1.807, 2.05) is 0 Å². The summed E-state index contributed by atoms with van der Waals surface area (Å²) in [4.78, 5) is 138. The number of nitrogens with two attached hydrogens (primary N) is 4. The number of phosphoric acid groups is 3. The minimum absolute atomic E-state index is 0.000192. The third-order valence-corrected chi connectivity index (χ3v) is 30.1. The summed E-state index contributed by atoms with van der Waals surface area (Å²) in [5.41, 5.74) is 20.4. The summed E-state index contributed by atoms with van der Waals surface area (Å²) in [6.07, 6.45) is -17.5. The number of phosphoric ester groups is 3. The normalized spacial score (nSPS) is 35.7. The van der Waals surface area contributed by atoms with E-state index in [0.29, 0.717) is 0 Å². The number of hydrogen-bond donors (Lipinski definition) is 16. The van der Waals surface area contributed by atoms with Crippen LogP contribution >= 0.6 is 23.5 Å². The molecule has 0 saturated carbocycles. The number of nitrogen functional groups attached to an aromatic ring is 4. The number of anilines is 4. The Morgan fingerprint density at radius 3 is 1.32 bits per heavy atom. The van der Waals surface area contributed by atoms with Gasteiger partial charge in [-0.15, -0.1) is 0 Å². The summed E-state index contributed by atoms with van der Waals surface area (Å²) in [5, 5.41) is 30.8. The van der Waals surface area contributed by atoms with E-state index in [1.165, 1.54) is 56.8 Å². The van der Waals surface area contributed by atoms with E-state index in [2.05, 4.69) is 104 Å². The number of rotatable bonds is 9. The minimum atomic E-state index is -5.12. The Morgan fingerprint density at radius 2 is 0.827 bits per heavy atom. The second-order valence-electron chi connectivity index (χ2n) is 32.6. The molecule has 10 aliphatic heterocycles. The summed E-state index contributed by atoms with van der Waals surface area (Å²) < 4.78 is 256. The zero-order chi connectivity index (χ0) is 98.0. The van der Waals surface area contributed by atoms with Crippen LogP contribution in [0, 0.1) is 31.6 Å². The van der Waals surface area contributed by atoms with E-state index in [1.54, 1.807) is 6.92 Å². The van der Waals surface area contributed by atoms with Gasteiger partial charge in [0.2, 0.25) is 5.95 Å². The Kier molecular flexibility index (Phi) is 24.9. The van der Waals surface area contributed by atoms with Gasteiger partial charge < -0.3 is 96.1 Å². The molecule has 12 aromatic rings. The van der Waals surface area contributed by atoms with Gasteiger partial charge in [0.25, 0.3) is 16.7 Å². The summed E-state index contributed by atoms with van der Waals surface area (Å²) >= 11 is 0. The van der Waals surface area contributed by atoms with Crippen LogP contribution in [0.1, 0.15) is 49.0 Å². The lowest BCUT2D eigenvalue weighted by Crippen LogP contribution is -2.51. The molecule has 139 heavy (non-hydrogen) atoms. The molecule has 0 radical (unpaired) electrons. The molecule has 20 N–H and O–H groups in total. The van der Waals surface area contributed by atoms with Gasteiger partial charge in [-0.05, 0) is 13.8 Å². The van der Waals surface area contributed by atoms with Gasteiger partial charge in [-0.25, -0.2) is 101 Å². The van der Waals surface area contributed by atoms with Gasteiger partial charge >= 0.3 is 54.4 Å². The molecule has 0 aliphatic carbocycles. The first-order valence-corrected chi connectivity index (χ1v) is 49.9. The number of aryl methyl sites for hydroxylation is 2. The summed E-state index contributed by atoms with van der Waals surface area (Å²) in [6.45, 7) is -3.60. The molecule has 65 nitrogen and oxygen atoms in total. The Morgan fingerprint density at radius 1 is 0.439 bits per heavy atom. The molecule has 10 aliphatic rings. The largest absolute Gasteiger partial charge is 0.472 e. The summed E-state index contributed by atoms with van der Waals surface area (Å²) in [5.74, 6) is -3.18. The van der Waals surface area contributed by atoms with Gasteiger partial charge in [0.1, 0.15) is 102 Å². The fourth-order valence-corrected chi connectivity index (χ4v) is 23.7. The Hall–Kier alpha value is -10.7. The molecule has 8 bridgehead atoms. The van der Waals surface area contributed by atoms with Crippen LogP contribution in [0.5, 0.6) is 0 Å².